The van der Waals surface area contributed by atoms with Gasteiger partial charge in [-0.05, 0) is 48.0 Å². The van der Waals surface area contributed by atoms with Crippen LogP contribution >= 0.6 is 35.4 Å². The van der Waals surface area contributed by atoms with Gasteiger partial charge in [-0.15, -0.1) is 0 Å². The van der Waals surface area contributed by atoms with Gasteiger partial charge in [0.15, 0.2) is 5.11 Å². The highest BCUT2D eigenvalue weighted by molar-refractivity contribution is 7.80. The van der Waals surface area contributed by atoms with E-state index in [1.807, 2.05) is 30.3 Å². The fourth-order valence-corrected chi connectivity index (χ4v) is 1.98. The average molecular weight is 373 g/mol. The minimum Gasteiger partial charge on any atom is -0.376 e. The number of rotatable bonds is 1. The number of amides is 1. The monoisotopic (exact) mass is 372 g/mol. The summed E-state index contributed by atoms with van der Waals surface area (Å²) in [6.45, 7) is 2.05. The molecular formula is C15H18Cl2N4OS. The summed E-state index contributed by atoms with van der Waals surface area (Å²) in [5.74, 6) is 0. The van der Waals surface area contributed by atoms with Crippen molar-refractivity contribution in [1.29, 1.82) is 0 Å². The molecule has 5 nitrogen and oxygen atoms in total. The van der Waals surface area contributed by atoms with Gasteiger partial charge in [-0.25, -0.2) is 4.98 Å². The largest absolute Gasteiger partial charge is 0.376 e. The third-order valence-corrected chi connectivity index (χ3v) is 3.06. The first kappa shape index (κ1) is 21.1. The molecule has 2 rings (SSSR count). The van der Waals surface area contributed by atoms with Crippen molar-refractivity contribution in [3.05, 3.63) is 52.3 Å². The molecule has 124 valence electrons. The van der Waals surface area contributed by atoms with Gasteiger partial charge in [-0.1, -0.05) is 47.5 Å². The summed E-state index contributed by atoms with van der Waals surface area (Å²) in [4.78, 5) is 12.5. The Morgan fingerprint density at radius 2 is 1.70 bits per heavy atom. The molecule has 0 saturated heterocycles. The first-order valence-electron chi connectivity index (χ1n) is 6.37. The molecule has 0 spiro atoms. The molecule has 0 saturated carbocycles. The summed E-state index contributed by atoms with van der Waals surface area (Å²) in [6.07, 6.45) is 0.250. The van der Waals surface area contributed by atoms with Crippen molar-refractivity contribution in [3.63, 3.8) is 0 Å². The second-order valence-electron chi connectivity index (χ2n) is 4.07. The van der Waals surface area contributed by atoms with E-state index in [0.717, 1.165) is 11.1 Å². The predicted molar refractivity (Wildman–Crippen MR) is 101 cm³/mol. The van der Waals surface area contributed by atoms with E-state index in [2.05, 4.69) is 41.2 Å². The quantitative estimate of drug-likeness (QED) is 0.406. The molecule has 0 bridgehead atoms. The minimum absolute atomic E-state index is 0.250. The fourth-order valence-electron chi connectivity index (χ4n) is 1.52. The van der Waals surface area contributed by atoms with Crippen molar-refractivity contribution in [2.75, 3.05) is 7.05 Å². The van der Waals surface area contributed by atoms with Gasteiger partial charge < -0.3 is 16.8 Å². The van der Waals surface area contributed by atoms with E-state index in [-0.39, 0.29) is 6.41 Å². The zero-order valence-electron chi connectivity index (χ0n) is 12.7. The third kappa shape index (κ3) is 8.97. The molecule has 1 aromatic carbocycles. The molecule has 5 N–H and O–H groups in total. The zero-order valence-corrected chi connectivity index (χ0v) is 15.0. The minimum atomic E-state index is 0.250. The molecule has 0 radical (unpaired) electrons. The van der Waals surface area contributed by atoms with Crippen LogP contribution in [0.3, 0.4) is 0 Å². The number of thiocarbonyl (C=S) groups is 1. The van der Waals surface area contributed by atoms with Crippen LogP contribution in [0.4, 0.5) is 0 Å². The van der Waals surface area contributed by atoms with E-state index < -0.39 is 0 Å². The Kier molecular flexibility index (Phi) is 10.7. The molecule has 1 amide bonds. The summed E-state index contributed by atoms with van der Waals surface area (Å²) in [5, 5.41) is 3.71. The Morgan fingerprint density at radius 3 is 2.09 bits per heavy atom. The van der Waals surface area contributed by atoms with Crippen LogP contribution in [-0.2, 0) is 4.79 Å². The lowest BCUT2D eigenvalue weighted by atomic mass is 10.0. The number of nitrogens with two attached hydrogens (primary N) is 2. The molecule has 0 fully saturated rings. The number of hydrogen-bond acceptors (Lipinski definition) is 3. The first-order chi connectivity index (χ1) is 10.8. The lowest BCUT2D eigenvalue weighted by molar-refractivity contribution is -0.106. The zero-order chi connectivity index (χ0) is 17.8. The van der Waals surface area contributed by atoms with Crippen LogP contribution in [0.1, 0.15) is 5.56 Å². The van der Waals surface area contributed by atoms with Crippen LogP contribution in [0, 0.1) is 6.92 Å². The molecule has 1 heterocycles. The van der Waals surface area contributed by atoms with Crippen molar-refractivity contribution in [2.24, 2.45) is 11.5 Å². The molecule has 0 atom stereocenters. The molecule has 8 heteroatoms. The smallest absolute Gasteiger partial charge is 0.204 e. The number of pyridine rings is 1. The normalized spacial score (nSPS) is 8.70. The van der Waals surface area contributed by atoms with Crippen molar-refractivity contribution in [1.82, 2.24) is 10.3 Å². The lowest BCUT2D eigenvalue weighted by Gasteiger charge is -2.06. The number of nitrogens with one attached hydrogen (secondary N) is 1. The Balaban J connectivity index is 0.000000511. The molecule has 1 aromatic heterocycles. The SMILES string of the molecule is CNC(N)=S.Cc1ccccc1-c1cc(Cl)nc(Cl)c1.NC=O. The molecular weight excluding hydrogens is 355 g/mol. The molecule has 0 aliphatic heterocycles. The van der Waals surface area contributed by atoms with Gasteiger partial charge in [0, 0.05) is 7.05 Å². The van der Waals surface area contributed by atoms with Crippen LogP contribution < -0.4 is 16.8 Å². The Morgan fingerprint density at radius 1 is 1.26 bits per heavy atom. The molecule has 0 aliphatic rings. The maximum atomic E-state index is 8.58. The number of benzene rings is 1. The highest BCUT2D eigenvalue weighted by atomic mass is 35.5. The maximum absolute atomic E-state index is 8.58. The Bertz CT molecular complexity index is 633. The van der Waals surface area contributed by atoms with Gasteiger partial charge in [0.2, 0.25) is 6.41 Å². The number of nitrogens with zero attached hydrogens (tertiary/aromatic N) is 1. The fraction of sp³-hybridized carbons (Fsp3) is 0.133. The van der Waals surface area contributed by atoms with Gasteiger partial charge in [0.1, 0.15) is 10.3 Å². The first-order valence-corrected chi connectivity index (χ1v) is 7.53. The number of halogens is 2. The number of hydrogen-bond donors (Lipinski definition) is 3. The standard InChI is InChI=1S/C12H9Cl2N.C2H6N2S.CH3NO/c1-8-4-2-3-5-10(8)9-6-11(13)15-12(14)7-9;1-4-2(3)5;2-1-3/h2-7H,1H3;1H3,(H3,3,4,5);1H,(H2,2,3). The predicted octanol–water partition coefficient (Wildman–Crippen LogP) is 2.91. The second kappa shape index (κ2) is 11.6. The Hall–Kier alpha value is -1.89. The van der Waals surface area contributed by atoms with Crippen LogP contribution in [-0.4, -0.2) is 23.6 Å². The number of aryl methyl sites for hydroxylation is 1. The van der Waals surface area contributed by atoms with E-state index >= 15 is 0 Å². The molecule has 0 unspecified atom stereocenters. The van der Waals surface area contributed by atoms with Gasteiger partial charge in [0.25, 0.3) is 0 Å². The summed E-state index contributed by atoms with van der Waals surface area (Å²) >= 11 is 16.1. The second-order valence-corrected chi connectivity index (χ2v) is 5.28. The van der Waals surface area contributed by atoms with E-state index in [1.165, 1.54) is 5.56 Å². The number of primary amides is 1. The average Bonchev–Trinajstić information content (AvgIpc) is 2.48. The Labute approximate surface area is 151 Å². The van der Waals surface area contributed by atoms with Crippen molar-refractivity contribution in [3.8, 4) is 11.1 Å². The third-order valence-electron chi connectivity index (χ3n) is 2.47. The van der Waals surface area contributed by atoms with Crippen molar-refractivity contribution >= 4 is 46.9 Å². The van der Waals surface area contributed by atoms with Gasteiger partial charge in [-0.3, -0.25) is 4.79 Å². The van der Waals surface area contributed by atoms with Crippen LogP contribution in [0.2, 0.25) is 10.3 Å². The lowest BCUT2D eigenvalue weighted by Crippen LogP contribution is -2.24. The van der Waals surface area contributed by atoms with Crippen LogP contribution in [0.5, 0.6) is 0 Å². The summed E-state index contributed by atoms with van der Waals surface area (Å²) < 4.78 is 0. The summed E-state index contributed by atoms with van der Waals surface area (Å²) in [7, 11) is 1.68. The highest BCUT2D eigenvalue weighted by Gasteiger charge is 2.04. The summed E-state index contributed by atoms with van der Waals surface area (Å²) in [6, 6.07) is 11.7. The molecule has 23 heavy (non-hydrogen) atoms. The molecule has 0 aliphatic carbocycles. The van der Waals surface area contributed by atoms with E-state index in [0.29, 0.717) is 15.4 Å². The van der Waals surface area contributed by atoms with E-state index in [4.69, 9.17) is 33.7 Å². The van der Waals surface area contributed by atoms with Gasteiger partial charge in [0.05, 0.1) is 0 Å². The molecule has 2 aromatic rings. The number of aromatic nitrogens is 1. The van der Waals surface area contributed by atoms with Crippen molar-refractivity contribution in [2.45, 2.75) is 6.92 Å². The van der Waals surface area contributed by atoms with Crippen molar-refractivity contribution < 1.29 is 4.79 Å². The van der Waals surface area contributed by atoms with Gasteiger partial charge >= 0.3 is 0 Å². The van der Waals surface area contributed by atoms with Crippen LogP contribution in [0.25, 0.3) is 11.1 Å². The number of carbonyl (C=O) groups is 1. The van der Waals surface area contributed by atoms with E-state index in [1.54, 1.807) is 7.05 Å². The topological polar surface area (TPSA) is 94.0 Å². The summed E-state index contributed by atoms with van der Waals surface area (Å²) in [5.41, 5.74) is 12.4. The highest BCUT2D eigenvalue weighted by Crippen LogP contribution is 2.27. The van der Waals surface area contributed by atoms with Crippen LogP contribution in [0.15, 0.2) is 36.4 Å². The van der Waals surface area contributed by atoms with Gasteiger partial charge in [-0.2, -0.15) is 0 Å². The number of carbonyl (C=O) groups excluding carboxylic acids is 1. The maximum Gasteiger partial charge on any atom is 0.204 e. The van der Waals surface area contributed by atoms with E-state index in [9.17, 15) is 0 Å².